The van der Waals surface area contributed by atoms with Gasteiger partial charge < -0.3 is 114 Å². The van der Waals surface area contributed by atoms with Gasteiger partial charge in [-0.15, -0.1) is 0 Å². The molecule has 4 saturated heterocycles. The van der Waals surface area contributed by atoms with Crippen LogP contribution in [0.1, 0.15) is 121 Å². The van der Waals surface area contributed by atoms with Crippen LogP contribution in [0.5, 0.6) is 0 Å². The maximum atomic E-state index is 13.5. The van der Waals surface area contributed by atoms with Gasteiger partial charge in [-0.25, -0.2) is 9.59 Å². The summed E-state index contributed by atoms with van der Waals surface area (Å²) in [5, 5.41) is 145. The summed E-state index contributed by atoms with van der Waals surface area (Å²) in [6.07, 6.45) is -31.9. The summed E-state index contributed by atoms with van der Waals surface area (Å²) < 4.78 is 61.3. The molecule has 26 heteroatoms. The molecule has 0 aromatic rings. The number of hydrogen-bond acceptors (Lipinski definition) is 25. The third-order valence-electron chi connectivity index (χ3n) is 22.6. The number of esters is 2. The van der Waals surface area contributed by atoms with Gasteiger partial charge in [0.05, 0.1) is 43.5 Å². The molecule has 0 aromatic carbocycles. The van der Waals surface area contributed by atoms with Crippen LogP contribution in [0, 0.1) is 50.2 Å². The molecule has 13 N–H and O–H groups in total. The number of aliphatic hydroxyl groups is 12. The minimum atomic E-state index is -2.21. The largest absolute Gasteiger partial charge is 0.479 e. The molecule has 30 atom stereocenters. The van der Waals surface area contributed by atoms with E-state index in [0.29, 0.717) is 44.1 Å². The third kappa shape index (κ3) is 11.0. The van der Waals surface area contributed by atoms with Crippen LogP contribution in [-0.4, -0.2) is 245 Å². The molecule has 5 aliphatic carbocycles. The van der Waals surface area contributed by atoms with Crippen molar-refractivity contribution in [2.45, 2.75) is 262 Å². The summed E-state index contributed by atoms with van der Waals surface area (Å²) in [6, 6.07) is 0. The zero-order chi connectivity index (χ0) is 63.5. The minimum Gasteiger partial charge on any atom is -0.479 e. The quantitative estimate of drug-likeness (QED) is 0.0438. The highest BCUT2D eigenvalue weighted by molar-refractivity contribution is 5.87. The van der Waals surface area contributed by atoms with Crippen molar-refractivity contribution < 1.29 is 128 Å². The molecule has 8 fully saturated rings. The van der Waals surface area contributed by atoms with E-state index < -0.39 is 217 Å². The van der Waals surface area contributed by atoms with Crippen molar-refractivity contribution in [1.82, 2.24) is 0 Å². The normalized spacial score (nSPS) is 50.9. The predicted octanol–water partition coefficient (Wildman–Crippen LogP) is -0.803. The topological polar surface area (TPSA) is 407 Å². The van der Waals surface area contributed by atoms with E-state index in [4.69, 9.17) is 47.4 Å². The summed E-state index contributed by atoms with van der Waals surface area (Å²) in [6.45, 7) is 18.6. The van der Waals surface area contributed by atoms with Crippen LogP contribution < -0.4 is 0 Å². The van der Waals surface area contributed by atoms with Crippen molar-refractivity contribution in [2.24, 2.45) is 50.2 Å². The van der Waals surface area contributed by atoms with Crippen molar-refractivity contribution in [2.75, 3.05) is 19.8 Å². The second kappa shape index (κ2) is 24.6. The average molecular weight is 1230 g/mol. The number of carboxylic acids is 1. The first-order chi connectivity index (χ1) is 40.1. The molecule has 4 aliphatic heterocycles. The molecule has 26 nitrogen and oxygen atoms in total. The van der Waals surface area contributed by atoms with E-state index in [1.165, 1.54) is 13.8 Å². The Morgan fingerprint density at radius 2 is 1.29 bits per heavy atom. The first-order valence-corrected chi connectivity index (χ1v) is 30.3. The van der Waals surface area contributed by atoms with Gasteiger partial charge >= 0.3 is 17.9 Å². The van der Waals surface area contributed by atoms with Crippen LogP contribution in [0.15, 0.2) is 23.3 Å². The minimum absolute atomic E-state index is 0.0105. The number of aliphatic carboxylic acids is 1. The number of allylic oxidation sites excluding steroid dienone is 3. The lowest BCUT2D eigenvalue weighted by Gasteiger charge is -2.72. The van der Waals surface area contributed by atoms with E-state index in [2.05, 4.69) is 26.8 Å². The van der Waals surface area contributed by atoms with Crippen LogP contribution in [0.2, 0.25) is 0 Å². The van der Waals surface area contributed by atoms with Gasteiger partial charge in [-0.1, -0.05) is 66.2 Å². The van der Waals surface area contributed by atoms with E-state index in [0.717, 1.165) is 5.57 Å². The Morgan fingerprint density at radius 1 is 0.663 bits per heavy atom. The maximum absolute atomic E-state index is 13.5. The second-order valence-electron chi connectivity index (χ2n) is 28.0. The summed E-state index contributed by atoms with van der Waals surface area (Å²) in [4.78, 5) is 39.7. The smallest absolute Gasteiger partial charge is 0.335 e. The van der Waals surface area contributed by atoms with E-state index in [-0.39, 0.29) is 18.3 Å². The highest BCUT2D eigenvalue weighted by Crippen LogP contribution is 2.76. The Morgan fingerprint density at radius 3 is 1.91 bits per heavy atom. The molecule has 0 radical (unpaired) electrons. The molecular weight excluding hydrogens is 1140 g/mol. The highest BCUT2D eigenvalue weighted by atomic mass is 16.8. The van der Waals surface area contributed by atoms with Gasteiger partial charge in [-0.3, -0.25) is 4.79 Å². The number of carbonyl (C=O) groups excluding carboxylic acids is 2. The number of hydrogen-bond donors (Lipinski definition) is 13. The Kier molecular flexibility index (Phi) is 19.3. The van der Waals surface area contributed by atoms with Crippen LogP contribution in [-0.2, 0) is 61.8 Å². The molecule has 9 aliphatic rings. The van der Waals surface area contributed by atoms with Gasteiger partial charge in [0.2, 0.25) is 0 Å². The number of carbonyl (C=O) groups is 3. The summed E-state index contributed by atoms with van der Waals surface area (Å²) in [7, 11) is 0. The molecule has 0 unspecified atom stereocenters. The maximum Gasteiger partial charge on any atom is 0.335 e. The van der Waals surface area contributed by atoms with Gasteiger partial charge in [0, 0.05) is 17.9 Å². The summed E-state index contributed by atoms with van der Waals surface area (Å²) in [5.41, 5.74) is -3.18. The van der Waals surface area contributed by atoms with Crippen molar-refractivity contribution in [3.63, 3.8) is 0 Å². The Bertz CT molecular complexity index is 2530. The monoisotopic (exact) mass is 1230 g/mol. The Labute approximate surface area is 500 Å². The van der Waals surface area contributed by atoms with Crippen molar-refractivity contribution in [1.29, 1.82) is 0 Å². The van der Waals surface area contributed by atoms with Crippen LogP contribution in [0.25, 0.3) is 0 Å². The van der Waals surface area contributed by atoms with Gasteiger partial charge in [0.1, 0.15) is 91.6 Å². The molecular formula is C60H94O26. The number of fused-ring (bicyclic) bond motifs is 7. The molecule has 0 bridgehead atoms. The fourth-order valence-corrected chi connectivity index (χ4v) is 17.4. The molecule has 0 aromatic heterocycles. The molecule has 0 spiro atoms. The molecule has 4 heterocycles. The lowest BCUT2D eigenvalue weighted by Crippen LogP contribution is -2.72. The number of carboxylic acid groups (broad SMARTS) is 1. The highest BCUT2D eigenvalue weighted by Gasteiger charge is 2.74. The van der Waals surface area contributed by atoms with Gasteiger partial charge in [-0.05, 0) is 105 Å². The lowest BCUT2D eigenvalue weighted by molar-refractivity contribution is -0.400. The summed E-state index contributed by atoms with van der Waals surface area (Å²) in [5.74, 6) is -3.56. The van der Waals surface area contributed by atoms with Crippen molar-refractivity contribution in [3.05, 3.63) is 23.3 Å². The molecule has 9 rings (SSSR count). The van der Waals surface area contributed by atoms with Crippen molar-refractivity contribution >= 4 is 17.9 Å². The number of ether oxygens (including phenoxy) is 10. The van der Waals surface area contributed by atoms with Crippen LogP contribution in [0.4, 0.5) is 0 Å². The fourth-order valence-electron chi connectivity index (χ4n) is 17.4. The number of rotatable bonds is 14. The molecule has 86 heavy (non-hydrogen) atoms. The molecule has 4 saturated carbocycles. The summed E-state index contributed by atoms with van der Waals surface area (Å²) >= 11 is 0. The second-order valence-corrected chi connectivity index (χ2v) is 28.0. The van der Waals surface area contributed by atoms with Gasteiger partial charge in [-0.2, -0.15) is 0 Å². The standard InChI is InChI=1S/C60H94O26/c1-12-24(2)50(76)86-47-48(79-26(4)63)60(23-62)28(19-55(47,5)6)27-13-14-32-57(9)17-16-34(56(7,8)31(57)15-18-58(32,10)59(27,11)20-33(60)65)81-54-46(85-52-41(72)39(70)37(68)30(21-61)80-52)43(42(73)44(83-54)49(74)75)82-53-45(36(67)29(64)22-77-53)84-51-40(71)38(69)35(66)25(3)78-51/h12-13,25,28-48,51-54,61-62,64-73H,14-23H2,1-11H3,(H,74,75)/b24-12+/t25-,28-,29-,30+,31-,32+,33+,34-,35-,36-,37-,38+,39-,40+,41+,42-,43-,44-,45+,46+,47-,48-,51-,52-,53-,54+,57-,58+,59+,60-/m0/s1. The zero-order valence-corrected chi connectivity index (χ0v) is 50.9. The van der Waals surface area contributed by atoms with Crippen LogP contribution in [0.3, 0.4) is 0 Å². The zero-order valence-electron chi connectivity index (χ0n) is 50.9. The first-order valence-electron chi connectivity index (χ1n) is 30.3. The Balaban J connectivity index is 1.04. The first kappa shape index (κ1) is 67.5. The van der Waals surface area contributed by atoms with E-state index >= 15 is 0 Å². The average Bonchev–Trinajstić information content (AvgIpc) is 0.672. The van der Waals surface area contributed by atoms with Gasteiger partial charge in [0.25, 0.3) is 0 Å². The van der Waals surface area contributed by atoms with E-state index in [1.807, 2.05) is 27.7 Å². The fraction of sp³-hybridized carbons (Fsp3) is 0.883. The van der Waals surface area contributed by atoms with E-state index in [9.17, 15) is 80.8 Å². The molecule has 0 amide bonds. The SMILES string of the molecule is C/C=C(\C)C(=O)O[C@H]1[C@H](OC(C)=O)[C@]2(CO)[C@H](O)C[C@]3(C)C(=CC[C@@H]4[C@@]5(C)CC[C@H](O[C@@H]6O[C@H](C(=O)O)[C@@H](O)[C@H](O[C@@H]7OC[C@H](O)[C@H](O)[C@H]7O[C@@H]7O[C@@H](C)[C@H](O)[C@@H](O)[C@H]7O)[C@H]6O[C@@H]6O[C@H](CO)[C@H](O)[C@H](O)[C@H]6O)C(C)(C)[C@@H]5CC[C@]43C)[C@@H]2CC1(C)C. The van der Waals surface area contributed by atoms with Gasteiger partial charge in [0.15, 0.2) is 31.3 Å². The van der Waals surface area contributed by atoms with E-state index in [1.54, 1.807) is 19.9 Å². The predicted molar refractivity (Wildman–Crippen MR) is 293 cm³/mol. The number of aliphatic hydroxyl groups excluding tert-OH is 12. The molecule has 490 valence electrons. The van der Waals surface area contributed by atoms with Crippen LogP contribution >= 0.6 is 0 Å². The lowest BCUT2D eigenvalue weighted by atomic mass is 9.33. The van der Waals surface area contributed by atoms with Crippen molar-refractivity contribution in [3.8, 4) is 0 Å². The Hall–Kier alpha value is -2.91. The third-order valence-corrected chi connectivity index (χ3v) is 22.6.